The Balaban J connectivity index is 1.93. The fourth-order valence-corrected chi connectivity index (χ4v) is 2.67. The summed E-state index contributed by atoms with van der Waals surface area (Å²) in [4.78, 5) is 14.3. The van der Waals surface area contributed by atoms with Crippen LogP contribution in [0.3, 0.4) is 0 Å². The average Bonchev–Trinajstić information content (AvgIpc) is 2.38. The molecule has 0 bridgehead atoms. The van der Waals surface area contributed by atoms with E-state index in [4.69, 9.17) is 4.74 Å². The highest BCUT2D eigenvalue weighted by molar-refractivity contribution is 5.77. The van der Waals surface area contributed by atoms with E-state index in [1.165, 1.54) is 5.56 Å². The van der Waals surface area contributed by atoms with Crippen LogP contribution >= 0.6 is 0 Å². The number of rotatable bonds is 3. The minimum atomic E-state index is 0.139. The Bertz CT molecular complexity index is 408. The number of benzene rings is 1. The molecule has 3 nitrogen and oxygen atoms in total. The smallest absolute Gasteiger partial charge is 0.223 e. The van der Waals surface area contributed by atoms with Crippen LogP contribution in [0.2, 0.25) is 0 Å². The van der Waals surface area contributed by atoms with Gasteiger partial charge in [0, 0.05) is 19.5 Å². The molecule has 3 heteroatoms. The summed E-state index contributed by atoms with van der Waals surface area (Å²) in [5.74, 6) is 0.500. The SMILES string of the molecule is CC1CN(C(=O)CC(C)c2ccccc2)CC(C)O1. The number of hydrogen-bond donors (Lipinski definition) is 0. The normalized spacial score (nSPS) is 25.1. The first kappa shape index (κ1) is 14.1. The molecule has 1 aromatic carbocycles. The standard InChI is InChI=1S/C16H23NO2/c1-12(15-7-5-4-6-8-15)9-16(18)17-10-13(2)19-14(3)11-17/h4-8,12-14H,9-11H2,1-3H3. The van der Waals surface area contributed by atoms with E-state index in [-0.39, 0.29) is 24.0 Å². The fraction of sp³-hybridized carbons (Fsp3) is 0.562. The van der Waals surface area contributed by atoms with Crippen molar-refractivity contribution in [1.29, 1.82) is 0 Å². The first-order chi connectivity index (χ1) is 9.06. The highest BCUT2D eigenvalue weighted by Crippen LogP contribution is 2.21. The molecule has 0 radical (unpaired) electrons. The van der Waals surface area contributed by atoms with Crippen LogP contribution in [0.4, 0.5) is 0 Å². The average molecular weight is 261 g/mol. The Hall–Kier alpha value is -1.35. The monoisotopic (exact) mass is 261 g/mol. The topological polar surface area (TPSA) is 29.5 Å². The molecule has 1 amide bonds. The van der Waals surface area contributed by atoms with Gasteiger partial charge in [0.15, 0.2) is 0 Å². The molecule has 1 aliphatic rings. The number of morpholine rings is 1. The predicted octanol–water partition coefficient (Wildman–Crippen LogP) is 2.82. The zero-order chi connectivity index (χ0) is 13.8. The van der Waals surface area contributed by atoms with Crippen molar-refractivity contribution in [2.24, 2.45) is 0 Å². The summed E-state index contributed by atoms with van der Waals surface area (Å²) in [7, 11) is 0. The van der Waals surface area contributed by atoms with Gasteiger partial charge in [-0.3, -0.25) is 4.79 Å². The van der Waals surface area contributed by atoms with Gasteiger partial charge in [-0.15, -0.1) is 0 Å². The molecular weight excluding hydrogens is 238 g/mol. The van der Waals surface area contributed by atoms with E-state index in [9.17, 15) is 4.79 Å². The summed E-state index contributed by atoms with van der Waals surface area (Å²) >= 11 is 0. The van der Waals surface area contributed by atoms with E-state index in [2.05, 4.69) is 19.1 Å². The van der Waals surface area contributed by atoms with Crippen LogP contribution in [0.25, 0.3) is 0 Å². The van der Waals surface area contributed by atoms with E-state index in [1.54, 1.807) is 0 Å². The number of carbonyl (C=O) groups excluding carboxylic acids is 1. The Morgan fingerprint density at radius 2 is 1.84 bits per heavy atom. The quantitative estimate of drug-likeness (QED) is 0.837. The zero-order valence-electron chi connectivity index (χ0n) is 12.0. The lowest BCUT2D eigenvalue weighted by atomic mass is 9.97. The van der Waals surface area contributed by atoms with Gasteiger partial charge in [0.1, 0.15) is 0 Å². The van der Waals surface area contributed by atoms with Crippen molar-refractivity contribution in [1.82, 2.24) is 4.90 Å². The number of carbonyl (C=O) groups is 1. The molecule has 1 aliphatic heterocycles. The summed E-state index contributed by atoms with van der Waals surface area (Å²) in [6.07, 6.45) is 0.850. The fourth-order valence-electron chi connectivity index (χ4n) is 2.67. The first-order valence-corrected chi connectivity index (χ1v) is 7.04. The Labute approximate surface area is 115 Å². The first-order valence-electron chi connectivity index (χ1n) is 7.04. The van der Waals surface area contributed by atoms with Crippen molar-refractivity contribution in [2.75, 3.05) is 13.1 Å². The van der Waals surface area contributed by atoms with Gasteiger partial charge in [-0.25, -0.2) is 0 Å². The number of amides is 1. The van der Waals surface area contributed by atoms with Gasteiger partial charge in [0.05, 0.1) is 12.2 Å². The molecule has 1 saturated heterocycles. The zero-order valence-corrected chi connectivity index (χ0v) is 12.0. The molecular formula is C16H23NO2. The highest BCUT2D eigenvalue weighted by Gasteiger charge is 2.26. The molecule has 3 atom stereocenters. The van der Waals surface area contributed by atoms with Gasteiger partial charge < -0.3 is 9.64 Å². The second-order valence-electron chi connectivity index (χ2n) is 5.57. The summed E-state index contributed by atoms with van der Waals surface area (Å²) in [5, 5.41) is 0. The van der Waals surface area contributed by atoms with E-state index in [0.717, 1.165) is 0 Å². The Kier molecular flexibility index (Phi) is 4.59. The third-order valence-electron chi connectivity index (χ3n) is 3.62. The predicted molar refractivity (Wildman–Crippen MR) is 76.1 cm³/mol. The maximum atomic E-state index is 12.3. The van der Waals surface area contributed by atoms with Crippen LogP contribution < -0.4 is 0 Å². The van der Waals surface area contributed by atoms with E-state index in [0.29, 0.717) is 19.5 Å². The summed E-state index contributed by atoms with van der Waals surface area (Å²) < 4.78 is 5.66. The largest absolute Gasteiger partial charge is 0.372 e. The van der Waals surface area contributed by atoms with Crippen LogP contribution in [-0.2, 0) is 9.53 Å². The van der Waals surface area contributed by atoms with Gasteiger partial charge in [-0.05, 0) is 25.3 Å². The number of hydrogen-bond acceptors (Lipinski definition) is 2. The molecule has 19 heavy (non-hydrogen) atoms. The van der Waals surface area contributed by atoms with Gasteiger partial charge in [0.2, 0.25) is 5.91 Å². The maximum Gasteiger partial charge on any atom is 0.223 e. The summed E-state index contributed by atoms with van der Waals surface area (Å²) in [5.41, 5.74) is 1.23. The van der Waals surface area contributed by atoms with Gasteiger partial charge in [-0.1, -0.05) is 37.3 Å². The minimum absolute atomic E-state index is 0.139. The van der Waals surface area contributed by atoms with Crippen LogP contribution in [0.1, 0.15) is 38.7 Å². The molecule has 0 spiro atoms. The second-order valence-corrected chi connectivity index (χ2v) is 5.57. The molecule has 0 aromatic heterocycles. The third kappa shape index (κ3) is 3.80. The van der Waals surface area contributed by atoms with Crippen LogP contribution in [0, 0.1) is 0 Å². The molecule has 104 valence electrons. The lowest BCUT2D eigenvalue weighted by molar-refractivity contribution is -0.143. The van der Waals surface area contributed by atoms with E-state index in [1.807, 2.05) is 36.9 Å². The highest BCUT2D eigenvalue weighted by atomic mass is 16.5. The van der Waals surface area contributed by atoms with Crippen LogP contribution in [0.15, 0.2) is 30.3 Å². The Morgan fingerprint density at radius 1 is 1.26 bits per heavy atom. The van der Waals surface area contributed by atoms with Gasteiger partial charge >= 0.3 is 0 Å². The summed E-state index contributed by atoms with van der Waals surface area (Å²) in [6, 6.07) is 10.2. The lowest BCUT2D eigenvalue weighted by Gasteiger charge is -2.35. The van der Waals surface area contributed by atoms with Crippen molar-refractivity contribution in [3.05, 3.63) is 35.9 Å². The van der Waals surface area contributed by atoms with Gasteiger partial charge in [0.25, 0.3) is 0 Å². The number of nitrogens with zero attached hydrogens (tertiary/aromatic N) is 1. The van der Waals surface area contributed by atoms with Crippen molar-refractivity contribution >= 4 is 5.91 Å². The van der Waals surface area contributed by atoms with Crippen molar-refractivity contribution in [3.8, 4) is 0 Å². The molecule has 1 aromatic rings. The molecule has 3 unspecified atom stereocenters. The molecule has 0 N–H and O–H groups in total. The van der Waals surface area contributed by atoms with E-state index >= 15 is 0 Å². The Morgan fingerprint density at radius 3 is 2.42 bits per heavy atom. The molecule has 0 saturated carbocycles. The summed E-state index contributed by atoms with van der Waals surface area (Å²) in [6.45, 7) is 7.59. The lowest BCUT2D eigenvalue weighted by Crippen LogP contribution is -2.48. The van der Waals surface area contributed by atoms with Crippen molar-refractivity contribution in [3.63, 3.8) is 0 Å². The van der Waals surface area contributed by atoms with Crippen LogP contribution in [-0.4, -0.2) is 36.1 Å². The molecule has 0 aliphatic carbocycles. The second kappa shape index (κ2) is 6.20. The molecule has 1 heterocycles. The van der Waals surface area contributed by atoms with E-state index < -0.39 is 0 Å². The molecule has 1 fully saturated rings. The van der Waals surface area contributed by atoms with Gasteiger partial charge in [-0.2, -0.15) is 0 Å². The maximum absolute atomic E-state index is 12.3. The third-order valence-corrected chi connectivity index (χ3v) is 3.62. The van der Waals surface area contributed by atoms with Crippen molar-refractivity contribution in [2.45, 2.75) is 45.3 Å². The number of ether oxygens (including phenoxy) is 1. The molecule has 2 rings (SSSR count). The van der Waals surface area contributed by atoms with Crippen LogP contribution in [0.5, 0.6) is 0 Å². The minimum Gasteiger partial charge on any atom is -0.372 e. The van der Waals surface area contributed by atoms with Crippen molar-refractivity contribution < 1.29 is 9.53 Å².